The Hall–Kier alpha value is 0.460. The third-order valence-electron chi connectivity index (χ3n) is 3.68. The summed E-state index contributed by atoms with van der Waals surface area (Å²) in [5.41, 5.74) is 0. The Morgan fingerprint density at radius 3 is 2.29 bits per heavy atom. The largest absolute Gasteiger partial charge is 0.314 e. The van der Waals surface area contributed by atoms with E-state index in [2.05, 4.69) is 22.0 Å². The van der Waals surface area contributed by atoms with E-state index in [9.17, 15) is 0 Å². The average molecular weight is 284 g/mol. The van der Waals surface area contributed by atoms with Crippen molar-refractivity contribution < 1.29 is 0 Å². The zero-order valence-corrected chi connectivity index (χ0v) is 12.5. The number of nitrogens with zero attached hydrogens (tertiary/aromatic N) is 2. The quantitative estimate of drug-likeness (QED) is 0.846. The van der Waals surface area contributed by atoms with E-state index in [4.69, 9.17) is 0 Å². The number of nitrogens with one attached hydrogen (secondary N) is 1. The number of piperidine rings is 1. The molecule has 2 saturated heterocycles. The second kappa shape index (κ2) is 9.40. The van der Waals surface area contributed by atoms with Crippen LogP contribution in [0.5, 0.6) is 0 Å². The second-order valence-corrected chi connectivity index (χ2v) is 5.14. The van der Waals surface area contributed by atoms with Crippen molar-refractivity contribution in [2.45, 2.75) is 19.8 Å². The number of rotatable bonds is 3. The molecule has 2 heterocycles. The minimum atomic E-state index is 0. The maximum atomic E-state index is 3.40. The summed E-state index contributed by atoms with van der Waals surface area (Å²) in [6.45, 7) is 12.4. The first kappa shape index (κ1) is 17.5. The Labute approximate surface area is 118 Å². The molecule has 17 heavy (non-hydrogen) atoms. The van der Waals surface area contributed by atoms with Gasteiger partial charge >= 0.3 is 0 Å². The van der Waals surface area contributed by atoms with E-state index in [-0.39, 0.29) is 24.8 Å². The molecule has 1 atom stereocenters. The monoisotopic (exact) mass is 283 g/mol. The number of piperazine rings is 1. The summed E-state index contributed by atoms with van der Waals surface area (Å²) in [7, 11) is 0. The Kier molecular flexibility index (Phi) is 9.65. The van der Waals surface area contributed by atoms with Crippen molar-refractivity contribution in [1.29, 1.82) is 0 Å². The van der Waals surface area contributed by atoms with E-state index >= 15 is 0 Å². The van der Waals surface area contributed by atoms with Gasteiger partial charge in [0.25, 0.3) is 0 Å². The summed E-state index contributed by atoms with van der Waals surface area (Å²) in [5.74, 6) is 0.918. The smallest absolute Gasteiger partial charge is 0.0110 e. The fourth-order valence-electron chi connectivity index (χ4n) is 2.71. The Morgan fingerprint density at radius 1 is 1.00 bits per heavy atom. The molecule has 0 bridgehead atoms. The van der Waals surface area contributed by atoms with Crippen LogP contribution in [0.1, 0.15) is 19.8 Å². The molecule has 0 spiro atoms. The van der Waals surface area contributed by atoms with Crippen LogP contribution in [-0.4, -0.2) is 62.2 Å². The first-order valence-electron chi connectivity index (χ1n) is 6.50. The Morgan fingerprint density at radius 2 is 1.65 bits per heavy atom. The van der Waals surface area contributed by atoms with E-state index in [1.54, 1.807) is 0 Å². The number of hydrogen-bond donors (Lipinski definition) is 1. The maximum absolute atomic E-state index is 3.40. The highest BCUT2D eigenvalue weighted by molar-refractivity contribution is 5.85. The third-order valence-corrected chi connectivity index (χ3v) is 3.68. The Bertz CT molecular complexity index is 187. The lowest BCUT2D eigenvalue weighted by atomic mass is 10.0. The molecule has 0 aliphatic carbocycles. The molecule has 3 nitrogen and oxygen atoms in total. The van der Waals surface area contributed by atoms with E-state index in [0.717, 1.165) is 5.92 Å². The molecule has 0 radical (unpaired) electrons. The van der Waals surface area contributed by atoms with Crippen molar-refractivity contribution >= 4 is 24.8 Å². The van der Waals surface area contributed by atoms with E-state index < -0.39 is 0 Å². The van der Waals surface area contributed by atoms with Crippen LogP contribution in [0.4, 0.5) is 0 Å². The molecule has 2 fully saturated rings. The maximum Gasteiger partial charge on any atom is 0.0110 e. The van der Waals surface area contributed by atoms with E-state index in [0.29, 0.717) is 0 Å². The predicted octanol–water partition coefficient (Wildman–Crippen LogP) is 1.47. The van der Waals surface area contributed by atoms with Gasteiger partial charge in [-0.15, -0.1) is 24.8 Å². The van der Waals surface area contributed by atoms with Crippen molar-refractivity contribution in [3.05, 3.63) is 0 Å². The molecule has 104 valence electrons. The minimum absolute atomic E-state index is 0. The molecule has 5 heteroatoms. The zero-order valence-electron chi connectivity index (χ0n) is 10.9. The van der Waals surface area contributed by atoms with Crippen molar-refractivity contribution in [2.24, 2.45) is 5.92 Å². The standard InChI is InChI=1S/C12H25N3.2ClH/c1-12-3-2-6-15(11-12)10-9-14-7-4-13-5-8-14;;/h12-13H,2-11H2,1H3;2*1H. The first-order chi connectivity index (χ1) is 7.34. The highest BCUT2D eigenvalue weighted by atomic mass is 35.5. The van der Waals surface area contributed by atoms with Crippen molar-refractivity contribution in [1.82, 2.24) is 15.1 Å². The number of hydrogen-bond acceptors (Lipinski definition) is 3. The molecule has 0 aromatic heterocycles. The first-order valence-corrected chi connectivity index (χ1v) is 6.50. The summed E-state index contributed by atoms with van der Waals surface area (Å²) in [6.07, 6.45) is 2.84. The summed E-state index contributed by atoms with van der Waals surface area (Å²) in [4.78, 5) is 5.24. The molecule has 0 aromatic carbocycles. The van der Waals surface area contributed by atoms with Gasteiger partial charge in [-0.05, 0) is 25.3 Å². The van der Waals surface area contributed by atoms with Crippen LogP contribution in [0.3, 0.4) is 0 Å². The lowest BCUT2D eigenvalue weighted by Gasteiger charge is -2.34. The van der Waals surface area contributed by atoms with Crippen LogP contribution in [-0.2, 0) is 0 Å². The number of likely N-dealkylation sites (tertiary alicyclic amines) is 1. The van der Waals surface area contributed by atoms with Gasteiger partial charge in [-0.1, -0.05) is 6.92 Å². The Balaban J connectivity index is 0.00000128. The molecule has 1 N–H and O–H groups in total. The lowest BCUT2D eigenvalue weighted by Crippen LogP contribution is -2.47. The zero-order chi connectivity index (χ0) is 10.5. The summed E-state index contributed by atoms with van der Waals surface area (Å²) < 4.78 is 0. The second-order valence-electron chi connectivity index (χ2n) is 5.14. The average Bonchev–Trinajstić information content (AvgIpc) is 2.28. The van der Waals surface area contributed by atoms with Gasteiger partial charge in [-0.25, -0.2) is 0 Å². The van der Waals surface area contributed by atoms with Crippen LogP contribution in [0.25, 0.3) is 0 Å². The fourth-order valence-corrected chi connectivity index (χ4v) is 2.71. The molecule has 1 unspecified atom stereocenters. The normalized spacial score (nSPS) is 27.0. The molecule has 2 rings (SSSR count). The van der Waals surface area contributed by atoms with Crippen molar-refractivity contribution in [3.8, 4) is 0 Å². The predicted molar refractivity (Wildman–Crippen MR) is 78.6 cm³/mol. The molecule has 2 aliphatic rings. The summed E-state index contributed by atoms with van der Waals surface area (Å²) in [5, 5.41) is 3.40. The van der Waals surface area contributed by atoms with Crippen LogP contribution < -0.4 is 5.32 Å². The van der Waals surface area contributed by atoms with Gasteiger partial charge in [-0.2, -0.15) is 0 Å². The summed E-state index contributed by atoms with van der Waals surface area (Å²) in [6, 6.07) is 0. The van der Waals surface area contributed by atoms with Gasteiger partial charge in [0.2, 0.25) is 0 Å². The van der Waals surface area contributed by atoms with Crippen molar-refractivity contribution in [2.75, 3.05) is 52.4 Å². The van der Waals surface area contributed by atoms with Gasteiger partial charge in [0, 0.05) is 45.8 Å². The molecule has 0 saturated carbocycles. The van der Waals surface area contributed by atoms with Crippen LogP contribution in [0.2, 0.25) is 0 Å². The van der Waals surface area contributed by atoms with E-state index in [1.165, 1.54) is 65.2 Å². The highest BCUT2D eigenvalue weighted by Crippen LogP contribution is 2.14. The van der Waals surface area contributed by atoms with Crippen molar-refractivity contribution in [3.63, 3.8) is 0 Å². The molecular formula is C12H27Cl2N3. The molecule has 0 aromatic rings. The van der Waals surface area contributed by atoms with Crippen LogP contribution >= 0.6 is 24.8 Å². The fraction of sp³-hybridized carbons (Fsp3) is 1.00. The molecule has 2 aliphatic heterocycles. The third kappa shape index (κ3) is 6.25. The minimum Gasteiger partial charge on any atom is -0.314 e. The lowest BCUT2D eigenvalue weighted by molar-refractivity contribution is 0.148. The molecule has 0 amide bonds. The molecular weight excluding hydrogens is 257 g/mol. The highest BCUT2D eigenvalue weighted by Gasteiger charge is 2.17. The van der Waals surface area contributed by atoms with Gasteiger partial charge < -0.3 is 10.2 Å². The van der Waals surface area contributed by atoms with Gasteiger partial charge in [0.1, 0.15) is 0 Å². The summed E-state index contributed by atoms with van der Waals surface area (Å²) >= 11 is 0. The van der Waals surface area contributed by atoms with E-state index in [1.807, 2.05) is 0 Å². The van der Waals surface area contributed by atoms with Gasteiger partial charge in [0.15, 0.2) is 0 Å². The topological polar surface area (TPSA) is 18.5 Å². The van der Waals surface area contributed by atoms with Crippen LogP contribution in [0.15, 0.2) is 0 Å². The van der Waals surface area contributed by atoms with Crippen LogP contribution in [0, 0.1) is 5.92 Å². The van der Waals surface area contributed by atoms with Gasteiger partial charge in [0.05, 0.1) is 0 Å². The number of halogens is 2. The van der Waals surface area contributed by atoms with Gasteiger partial charge in [-0.3, -0.25) is 4.90 Å². The SMILES string of the molecule is CC1CCCN(CCN2CCNCC2)C1.Cl.Cl.